The highest BCUT2D eigenvalue weighted by Gasteiger charge is 2.25. The number of aromatic nitrogens is 2. The lowest BCUT2D eigenvalue weighted by Gasteiger charge is -2.28. The summed E-state index contributed by atoms with van der Waals surface area (Å²) in [5, 5.41) is 1.79. The van der Waals surface area contributed by atoms with E-state index in [-0.39, 0.29) is 24.8 Å². The third-order valence-electron chi connectivity index (χ3n) is 5.59. The van der Waals surface area contributed by atoms with Gasteiger partial charge in [0, 0.05) is 22.4 Å². The Bertz CT molecular complexity index is 1020. The van der Waals surface area contributed by atoms with Crippen LogP contribution in [0.1, 0.15) is 48.7 Å². The van der Waals surface area contributed by atoms with Crippen LogP contribution in [0.25, 0.3) is 23.1 Å². The topological polar surface area (TPSA) is 73.1 Å². The summed E-state index contributed by atoms with van der Waals surface area (Å²) in [4.78, 5) is 9.71. The molecule has 1 aliphatic carbocycles. The number of nitrogens with two attached hydrogens (primary N) is 1. The number of hydrogen-bond donors (Lipinski definition) is 2. The number of nitrogens with zero attached hydrogens (tertiary/aromatic N) is 2. The van der Waals surface area contributed by atoms with Gasteiger partial charge < -0.3 is 4.74 Å². The van der Waals surface area contributed by atoms with Crippen molar-refractivity contribution < 1.29 is 4.74 Å². The molecule has 0 atom stereocenters. The van der Waals surface area contributed by atoms with E-state index in [4.69, 9.17) is 32.1 Å². The molecule has 0 unspecified atom stereocenters. The average Bonchev–Trinajstić information content (AvgIpc) is 2.78. The molecule has 0 bridgehead atoms. The maximum Gasteiger partial charge on any atom is 0.152 e. The highest BCUT2D eigenvalue weighted by molar-refractivity contribution is 6.30. The molecule has 0 spiro atoms. The Morgan fingerprint density at radius 3 is 2.35 bits per heavy atom. The van der Waals surface area contributed by atoms with Gasteiger partial charge in [0.1, 0.15) is 5.75 Å². The Morgan fingerprint density at radius 1 is 1.00 bits per heavy atom. The number of methoxy groups -OCH3 is 1. The molecule has 2 aromatic carbocycles. The van der Waals surface area contributed by atoms with Crippen molar-refractivity contribution in [2.45, 2.75) is 37.6 Å². The number of ether oxygens (including phenoxy) is 1. The van der Waals surface area contributed by atoms with Crippen molar-refractivity contribution in [2.75, 3.05) is 7.11 Å². The molecule has 0 aliphatic heterocycles. The lowest BCUT2D eigenvalue weighted by atomic mass is 9.83. The molecule has 166 valence electrons. The van der Waals surface area contributed by atoms with E-state index in [0.29, 0.717) is 17.8 Å². The van der Waals surface area contributed by atoms with Crippen LogP contribution in [0.2, 0.25) is 5.02 Å². The lowest BCUT2D eigenvalue weighted by Crippen LogP contribution is -2.37. The van der Waals surface area contributed by atoms with Gasteiger partial charge in [0.15, 0.2) is 5.82 Å². The Labute approximate surface area is 200 Å². The largest absolute Gasteiger partial charge is 0.497 e. The highest BCUT2D eigenvalue weighted by Crippen LogP contribution is 2.36. The van der Waals surface area contributed by atoms with Crippen LogP contribution in [-0.2, 0) is 0 Å². The van der Waals surface area contributed by atoms with Crippen molar-refractivity contribution in [1.82, 2.24) is 15.4 Å². The smallest absolute Gasteiger partial charge is 0.152 e. The summed E-state index contributed by atoms with van der Waals surface area (Å²) in [6.45, 7) is 0. The maximum absolute atomic E-state index is 5.98. The molecule has 3 N–H and O–H groups in total. The summed E-state index contributed by atoms with van der Waals surface area (Å²) in [5.41, 5.74) is 6.00. The van der Waals surface area contributed by atoms with Crippen LogP contribution in [0.5, 0.6) is 5.75 Å². The van der Waals surface area contributed by atoms with Crippen molar-refractivity contribution in [3.05, 3.63) is 64.6 Å². The van der Waals surface area contributed by atoms with Gasteiger partial charge in [-0.3, -0.25) is 11.3 Å². The van der Waals surface area contributed by atoms with Gasteiger partial charge in [0.05, 0.1) is 18.3 Å². The first-order valence-electron chi connectivity index (χ1n) is 9.91. The van der Waals surface area contributed by atoms with E-state index in [1.807, 2.05) is 54.6 Å². The van der Waals surface area contributed by atoms with Gasteiger partial charge in [-0.1, -0.05) is 29.8 Å². The minimum atomic E-state index is 0. The van der Waals surface area contributed by atoms with Gasteiger partial charge in [-0.25, -0.2) is 9.97 Å². The van der Waals surface area contributed by atoms with E-state index in [9.17, 15) is 0 Å². The molecule has 1 heterocycles. The molecule has 0 amide bonds. The Hall–Kier alpha value is -1.89. The van der Waals surface area contributed by atoms with Gasteiger partial charge >= 0.3 is 0 Å². The minimum absolute atomic E-state index is 0. The van der Waals surface area contributed by atoms with Crippen LogP contribution in [-0.4, -0.2) is 23.1 Å². The van der Waals surface area contributed by atoms with Gasteiger partial charge in [-0.05, 0) is 67.7 Å². The zero-order valence-electron chi connectivity index (χ0n) is 17.3. The second-order valence-corrected chi connectivity index (χ2v) is 7.89. The summed E-state index contributed by atoms with van der Waals surface area (Å²) in [5.74, 6) is 7.56. The molecule has 4 rings (SSSR count). The zero-order valence-corrected chi connectivity index (χ0v) is 19.6. The van der Waals surface area contributed by atoms with E-state index < -0.39 is 0 Å². The number of nitrogens with one attached hydrogen (secondary N) is 1. The number of hydrogen-bond acceptors (Lipinski definition) is 5. The molecule has 31 heavy (non-hydrogen) atoms. The number of fused-ring (bicyclic) bond motifs is 1. The second kappa shape index (κ2) is 11.7. The highest BCUT2D eigenvalue weighted by atomic mass is 35.5. The fourth-order valence-electron chi connectivity index (χ4n) is 3.94. The van der Waals surface area contributed by atoms with Crippen molar-refractivity contribution in [1.29, 1.82) is 0 Å². The Balaban J connectivity index is 0.00000171. The maximum atomic E-state index is 5.98. The number of halogens is 3. The van der Waals surface area contributed by atoms with E-state index in [1.54, 1.807) is 7.11 Å². The molecule has 1 aromatic heterocycles. The molecule has 5 nitrogen and oxygen atoms in total. The van der Waals surface area contributed by atoms with Gasteiger partial charge in [0.2, 0.25) is 0 Å². The van der Waals surface area contributed by atoms with Crippen LogP contribution in [0.15, 0.2) is 42.5 Å². The monoisotopic (exact) mass is 480 g/mol. The van der Waals surface area contributed by atoms with E-state index in [1.165, 1.54) is 0 Å². The zero-order chi connectivity index (χ0) is 20.2. The summed E-state index contributed by atoms with van der Waals surface area (Å²) in [7, 11) is 1.68. The predicted octanol–water partition coefficient (Wildman–Crippen LogP) is 5.80. The van der Waals surface area contributed by atoms with E-state index in [2.05, 4.69) is 5.43 Å². The van der Waals surface area contributed by atoms with Crippen molar-refractivity contribution in [3.63, 3.8) is 0 Å². The van der Waals surface area contributed by atoms with Gasteiger partial charge in [-0.15, -0.1) is 24.8 Å². The van der Waals surface area contributed by atoms with Gasteiger partial charge in [-0.2, -0.15) is 0 Å². The van der Waals surface area contributed by atoms with Crippen LogP contribution >= 0.6 is 36.4 Å². The van der Waals surface area contributed by atoms with Crippen LogP contribution in [0.3, 0.4) is 0 Å². The summed E-state index contributed by atoms with van der Waals surface area (Å²) in [6.07, 6.45) is 8.18. The second-order valence-electron chi connectivity index (χ2n) is 7.45. The summed E-state index contributed by atoms with van der Waals surface area (Å²) in [6, 6.07) is 14.1. The fourth-order valence-corrected chi connectivity index (χ4v) is 4.07. The summed E-state index contributed by atoms with van der Waals surface area (Å²) < 4.78 is 5.44. The van der Waals surface area contributed by atoms with Gasteiger partial charge in [0.25, 0.3) is 0 Å². The molecule has 0 saturated heterocycles. The molecule has 1 fully saturated rings. The van der Waals surface area contributed by atoms with Crippen molar-refractivity contribution in [3.8, 4) is 5.75 Å². The van der Waals surface area contributed by atoms with E-state index >= 15 is 0 Å². The van der Waals surface area contributed by atoms with Crippen LogP contribution in [0, 0.1) is 0 Å². The third-order valence-corrected chi connectivity index (χ3v) is 5.85. The fraction of sp³-hybridized carbons (Fsp3) is 0.304. The molecule has 0 radical (unpaired) electrons. The first-order valence-corrected chi connectivity index (χ1v) is 10.3. The minimum Gasteiger partial charge on any atom is -0.497 e. The first kappa shape index (κ1) is 25.4. The first-order chi connectivity index (χ1) is 14.2. The molecular formula is C23H27Cl3N4O. The molecule has 1 aliphatic rings. The average molecular weight is 482 g/mol. The Morgan fingerprint density at radius 2 is 1.71 bits per heavy atom. The van der Waals surface area contributed by atoms with Crippen molar-refractivity contribution in [2.24, 2.45) is 5.84 Å². The van der Waals surface area contributed by atoms with Crippen molar-refractivity contribution >= 4 is 59.5 Å². The summed E-state index contributed by atoms with van der Waals surface area (Å²) >= 11 is 5.98. The van der Waals surface area contributed by atoms with E-state index in [0.717, 1.165) is 58.6 Å². The number of hydrazine groups is 1. The normalized spacial score (nSPS) is 18.4. The quantitative estimate of drug-likeness (QED) is 0.356. The number of benzene rings is 2. The molecule has 3 aromatic rings. The SMILES string of the molecule is COc1ccc2nc(/C=C\c3ccc(Cl)cc3)nc(C3CCC(NN)CC3)c2c1.Cl.Cl. The molecular weight excluding hydrogens is 455 g/mol. The third kappa shape index (κ3) is 6.09. The molecule has 8 heteroatoms. The standard InChI is InChI=1S/C23H25ClN4O.2ClH/c1-29-19-11-12-21-20(14-19)23(16-5-9-18(28-25)10-6-16)27-22(26-21)13-4-15-2-7-17(24)8-3-15;;/h2-4,7-8,11-14,16,18,28H,5-6,9-10,25H2,1H3;2*1H/b13-4-;;. The molecule has 1 saturated carbocycles. The van der Waals surface area contributed by atoms with Crippen LogP contribution in [0.4, 0.5) is 0 Å². The Kier molecular flexibility index (Phi) is 9.54. The predicted molar refractivity (Wildman–Crippen MR) is 133 cm³/mol. The lowest BCUT2D eigenvalue weighted by molar-refractivity contribution is 0.344. The number of rotatable bonds is 5. The van der Waals surface area contributed by atoms with Crippen LogP contribution < -0.4 is 16.0 Å².